The first-order valence-corrected chi connectivity index (χ1v) is 9.19. The molecule has 0 aliphatic carbocycles. The van der Waals surface area contributed by atoms with Crippen molar-refractivity contribution in [1.29, 1.82) is 0 Å². The predicted molar refractivity (Wildman–Crippen MR) is 97.1 cm³/mol. The van der Waals surface area contributed by atoms with E-state index in [0.29, 0.717) is 19.0 Å². The second-order valence-electron chi connectivity index (χ2n) is 8.64. The van der Waals surface area contributed by atoms with E-state index in [1.165, 1.54) is 0 Å². The van der Waals surface area contributed by atoms with Crippen LogP contribution in [0, 0.1) is 11.3 Å². The third kappa shape index (κ3) is 5.42. The van der Waals surface area contributed by atoms with Crippen molar-refractivity contribution in [3.8, 4) is 0 Å². The Labute approximate surface area is 150 Å². The average molecular weight is 351 g/mol. The lowest BCUT2D eigenvalue weighted by Gasteiger charge is -2.42. The minimum absolute atomic E-state index is 0.170. The molecule has 0 aromatic carbocycles. The molecule has 1 aromatic heterocycles. The van der Waals surface area contributed by atoms with Gasteiger partial charge in [-0.15, -0.1) is 0 Å². The molecule has 1 aliphatic heterocycles. The van der Waals surface area contributed by atoms with Gasteiger partial charge in [-0.3, -0.25) is 0 Å². The summed E-state index contributed by atoms with van der Waals surface area (Å²) in [6.45, 7) is 12.7. The highest BCUT2D eigenvalue weighted by molar-refractivity contribution is 5.68. The number of aromatic nitrogens is 3. The molecular formula is C18H33N5O2. The maximum absolute atomic E-state index is 12.5. The van der Waals surface area contributed by atoms with Gasteiger partial charge in [-0.25, -0.2) is 14.5 Å². The fourth-order valence-electron chi connectivity index (χ4n) is 3.33. The molecule has 7 nitrogen and oxygen atoms in total. The van der Waals surface area contributed by atoms with E-state index in [4.69, 9.17) is 10.5 Å². The van der Waals surface area contributed by atoms with Crippen LogP contribution in [0.25, 0.3) is 0 Å². The topological polar surface area (TPSA) is 86.3 Å². The second-order valence-corrected chi connectivity index (χ2v) is 8.64. The number of ether oxygens (including phenoxy) is 1. The van der Waals surface area contributed by atoms with Crippen LogP contribution in [0.5, 0.6) is 0 Å². The summed E-state index contributed by atoms with van der Waals surface area (Å²) in [6.07, 6.45) is 3.99. The van der Waals surface area contributed by atoms with Crippen molar-refractivity contribution in [2.45, 2.75) is 66.0 Å². The van der Waals surface area contributed by atoms with E-state index in [1.54, 1.807) is 11.2 Å². The first-order valence-electron chi connectivity index (χ1n) is 9.19. The number of carbonyl (C=O) groups is 1. The first kappa shape index (κ1) is 19.7. The van der Waals surface area contributed by atoms with E-state index in [1.807, 2.05) is 25.5 Å². The zero-order valence-electron chi connectivity index (χ0n) is 16.3. The molecule has 0 spiro atoms. The molecule has 2 rings (SSSR count). The lowest BCUT2D eigenvalue weighted by molar-refractivity contribution is 0.00487. The monoisotopic (exact) mass is 351 g/mol. The number of carbonyl (C=O) groups excluding carboxylic acids is 1. The van der Waals surface area contributed by atoms with Crippen LogP contribution in [0.2, 0.25) is 0 Å². The Balaban J connectivity index is 2.11. The van der Waals surface area contributed by atoms with E-state index >= 15 is 0 Å². The molecule has 1 amide bonds. The van der Waals surface area contributed by atoms with Crippen LogP contribution in [0.3, 0.4) is 0 Å². The standard InChI is InChI=1S/C18H33N5O2/c1-14(2)10-23-15(20-13-21-23)9-18(11-19)7-6-8-22(12-18)16(24)25-17(3,4)5/h13-14H,6-12,19H2,1-5H3. The van der Waals surface area contributed by atoms with Gasteiger partial charge in [0.05, 0.1) is 0 Å². The second kappa shape index (κ2) is 7.72. The number of rotatable bonds is 5. The number of hydrogen-bond acceptors (Lipinski definition) is 5. The van der Waals surface area contributed by atoms with Gasteiger partial charge in [0.15, 0.2) is 0 Å². The molecule has 1 fully saturated rings. The molecule has 1 aromatic rings. The summed E-state index contributed by atoms with van der Waals surface area (Å²) < 4.78 is 7.51. The summed E-state index contributed by atoms with van der Waals surface area (Å²) in [7, 11) is 0. The molecule has 1 aliphatic rings. The summed E-state index contributed by atoms with van der Waals surface area (Å²) in [6, 6.07) is 0. The Kier molecular flexibility index (Phi) is 6.08. The van der Waals surface area contributed by atoms with E-state index < -0.39 is 5.60 Å². The van der Waals surface area contributed by atoms with Crippen LogP contribution >= 0.6 is 0 Å². The minimum Gasteiger partial charge on any atom is -0.444 e. The van der Waals surface area contributed by atoms with Gasteiger partial charge in [0, 0.05) is 38.0 Å². The lowest BCUT2D eigenvalue weighted by atomic mass is 9.77. The molecule has 25 heavy (non-hydrogen) atoms. The molecule has 1 atom stereocenters. The normalized spacial score (nSPS) is 21.6. The summed E-state index contributed by atoms with van der Waals surface area (Å²) in [5.41, 5.74) is 5.50. The van der Waals surface area contributed by atoms with E-state index in [0.717, 1.165) is 38.2 Å². The quantitative estimate of drug-likeness (QED) is 0.880. The number of piperidine rings is 1. The van der Waals surface area contributed by atoms with Crippen LogP contribution in [0.15, 0.2) is 6.33 Å². The molecule has 1 unspecified atom stereocenters. The van der Waals surface area contributed by atoms with Gasteiger partial charge in [-0.2, -0.15) is 5.10 Å². The Hall–Kier alpha value is -1.63. The Morgan fingerprint density at radius 3 is 2.76 bits per heavy atom. The lowest BCUT2D eigenvalue weighted by Crippen LogP contribution is -2.51. The Morgan fingerprint density at radius 2 is 2.16 bits per heavy atom. The van der Waals surface area contributed by atoms with E-state index in [9.17, 15) is 4.79 Å². The van der Waals surface area contributed by atoms with Crippen molar-refractivity contribution in [2.75, 3.05) is 19.6 Å². The third-order valence-electron chi connectivity index (χ3n) is 4.51. The number of nitrogens with zero attached hydrogens (tertiary/aromatic N) is 4. The SMILES string of the molecule is CC(C)Cn1ncnc1CC1(CN)CCCN(C(=O)OC(C)(C)C)C1. The van der Waals surface area contributed by atoms with Gasteiger partial charge in [0.1, 0.15) is 17.8 Å². The van der Waals surface area contributed by atoms with Crippen molar-refractivity contribution in [1.82, 2.24) is 19.7 Å². The van der Waals surface area contributed by atoms with Gasteiger partial charge < -0.3 is 15.4 Å². The van der Waals surface area contributed by atoms with Crippen LogP contribution in [-0.4, -0.2) is 51.0 Å². The predicted octanol–water partition coefficient (Wildman–Crippen LogP) is 2.45. The molecule has 142 valence electrons. The van der Waals surface area contributed by atoms with Crippen LogP contribution in [0.1, 0.15) is 53.3 Å². The van der Waals surface area contributed by atoms with Crippen LogP contribution in [0.4, 0.5) is 4.79 Å². The van der Waals surface area contributed by atoms with Gasteiger partial charge in [0.2, 0.25) is 0 Å². The fraction of sp³-hybridized carbons (Fsp3) is 0.833. The number of nitrogens with two attached hydrogens (primary N) is 1. The number of amides is 1. The van der Waals surface area contributed by atoms with Crippen molar-refractivity contribution in [3.05, 3.63) is 12.2 Å². The maximum Gasteiger partial charge on any atom is 0.410 e. The number of likely N-dealkylation sites (tertiary alicyclic amines) is 1. The third-order valence-corrected chi connectivity index (χ3v) is 4.51. The Bertz CT molecular complexity index is 578. The molecule has 0 saturated carbocycles. The maximum atomic E-state index is 12.5. The highest BCUT2D eigenvalue weighted by Crippen LogP contribution is 2.33. The van der Waals surface area contributed by atoms with Crippen molar-refractivity contribution >= 4 is 6.09 Å². The van der Waals surface area contributed by atoms with Gasteiger partial charge in [0.25, 0.3) is 0 Å². The largest absolute Gasteiger partial charge is 0.444 e. The van der Waals surface area contributed by atoms with Crippen LogP contribution < -0.4 is 5.73 Å². The van der Waals surface area contributed by atoms with Gasteiger partial charge >= 0.3 is 6.09 Å². The first-order chi connectivity index (χ1) is 11.6. The molecule has 2 heterocycles. The summed E-state index contributed by atoms with van der Waals surface area (Å²) in [5, 5.41) is 4.35. The molecule has 2 N–H and O–H groups in total. The summed E-state index contributed by atoms with van der Waals surface area (Å²) in [4.78, 5) is 18.7. The fourth-order valence-corrected chi connectivity index (χ4v) is 3.33. The highest BCUT2D eigenvalue weighted by Gasteiger charge is 2.38. The van der Waals surface area contributed by atoms with Crippen molar-refractivity contribution < 1.29 is 9.53 Å². The smallest absolute Gasteiger partial charge is 0.410 e. The Morgan fingerprint density at radius 1 is 1.44 bits per heavy atom. The van der Waals surface area contributed by atoms with Gasteiger partial charge in [-0.1, -0.05) is 13.8 Å². The molecule has 0 radical (unpaired) electrons. The minimum atomic E-state index is -0.489. The molecular weight excluding hydrogens is 318 g/mol. The van der Waals surface area contributed by atoms with Gasteiger partial charge in [-0.05, 0) is 39.5 Å². The van der Waals surface area contributed by atoms with E-state index in [2.05, 4.69) is 23.9 Å². The van der Waals surface area contributed by atoms with E-state index in [-0.39, 0.29) is 11.5 Å². The van der Waals surface area contributed by atoms with Crippen molar-refractivity contribution in [2.24, 2.45) is 17.1 Å². The molecule has 0 bridgehead atoms. The summed E-state index contributed by atoms with van der Waals surface area (Å²) in [5.74, 6) is 1.45. The zero-order valence-corrected chi connectivity index (χ0v) is 16.3. The van der Waals surface area contributed by atoms with Crippen molar-refractivity contribution in [3.63, 3.8) is 0 Å². The number of hydrogen-bond donors (Lipinski definition) is 1. The zero-order chi connectivity index (χ0) is 18.7. The average Bonchev–Trinajstić information content (AvgIpc) is 2.92. The summed E-state index contributed by atoms with van der Waals surface area (Å²) >= 11 is 0. The molecule has 1 saturated heterocycles. The van der Waals surface area contributed by atoms with Crippen LogP contribution in [-0.2, 0) is 17.7 Å². The molecule has 7 heteroatoms. The highest BCUT2D eigenvalue weighted by atomic mass is 16.6.